The van der Waals surface area contributed by atoms with E-state index in [1.165, 1.54) is 30.1 Å². The van der Waals surface area contributed by atoms with Crippen molar-refractivity contribution >= 4 is 29.0 Å². The number of nitrogens with two attached hydrogens (primary N) is 1. The maximum absolute atomic E-state index is 14.1. The van der Waals surface area contributed by atoms with Gasteiger partial charge < -0.3 is 36.0 Å². The second-order valence-corrected chi connectivity index (χ2v) is 11.4. The molecule has 1 amide bonds. The molecule has 0 radical (unpaired) electrons. The molecule has 13 nitrogen and oxygen atoms in total. The number of phenolic OH excluding ortho intramolecular Hbond substituents is 1. The van der Waals surface area contributed by atoms with Crippen LogP contribution in [0.1, 0.15) is 23.7 Å². The summed E-state index contributed by atoms with van der Waals surface area (Å²) in [4.78, 5) is 57.3. The number of morpholine rings is 1. The van der Waals surface area contributed by atoms with Crippen molar-refractivity contribution < 1.29 is 49.4 Å². The number of benzene rings is 1. The van der Waals surface area contributed by atoms with E-state index in [1.54, 1.807) is 0 Å². The van der Waals surface area contributed by atoms with Crippen molar-refractivity contribution in [2.24, 2.45) is 23.5 Å². The number of phenols is 1. The van der Waals surface area contributed by atoms with E-state index in [1.807, 2.05) is 4.90 Å². The Morgan fingerprint density at radius 3 is 2.49 bits per heavy atom. The Balaban J connectivity index is 1.54. The van der Waals surface area contributed by atoms with E-state index < -0.39 is 87.4 Å². The number of Topliss-reactive ketones (excluding diaryl/α,β-unsaturated/α-hetero) is 3. The normalized spacial score (nSPS) is 35.3. The molecule has 1 aromatic rings. The highest BCUT2D eigenvalue weighted by molar-refractivity contribution is 6.25. The topological polar surface area (TPSA) is 211 Å². The Morgan fingerprint density at radius 1 is 1.15 bits per heavy atom. The molecule has 13 heteroatoms. The Bertz CT molecular complexity index is 1450. The molecule has 2 heterocycles. The Morgan fingerprint density at radius 2 is 1.83 bits per heavy atom. The summed E-state index contributed by atoms with van der Waals surface area (Å²) in [5.41, 5.74) is 0.876. The number of fused-ring (bicyclic) bond motifs is 3. The number of nitrogens with zero attached hydrogens (tertiary/aromatic N) is 2. The Kier molecular flexibility index (Phi) is 6.36. The number of likely N-dealkylation sites (N-methyl/N-ethyl adjacent to an activating group) is 1. The number of carbonyl (C=O) groups is 4. The van der Waals surface area contributed by atoms with Crippen LogP contribution in [0.15, 0.2) is 35.1 Å². The van der Waals surface area contributed by atoms with Crippen LogP contribution >= 0.6 is 0 Å². The van der Waals surface area contributed by atoms with E-state index in [0.29, 0.717) is 32.8 Å². The van der Waals surface area contributed by atoms with Gasteiger partial charge in [0.05, 0.1) is 37.0 Å². The van der Waals surface area contributed by atoms with Crippen LogP contribution in [0.4, 0.5) is 0 Å². The molecule has 0 spiro atoms. The van der Waals surface area contributed by atoms with Gasteiger partial charge in [0.25, 0.3) is 5.91 Å². The van der Waals surface area contributed by atoms with Crippen molar-refractivity contribution in [1.29, 1.82) is 0 Å². The average Bonchev–Trinajstić information content (AvgIpc) is 3.25. The minimum atomic E-state index is -2.91. The fraction of sp³-hybridized carbons (Fsp3) is 0.500. The van der Waals surface area contributed by atoms with E-state index in [9.17, 15) is 44.7 Å². The van der Waals surface area contributed by atoms with Crippen molar-refractivity contribution in [3.8, 4) is 5.75 Å². The Labute approximate surface area is 234 Å². The minimum Gasteiger partial charge on any atom is -0.508 e. The highest BCUT2D eigenvalue weighted by Crippen LogP contribution is 2.62. The van der Waals surface area contributed by atoms with E-state index in [-0.39, 0.29) is 23.3 Å². The number of aliphatic hydroxyl groups is 4. The Hall–Kier alpha value is -3.62. The van der Waals surface area contributed by atoms with Gasteiger partial charge in [0.15, 0.2) is 17.2 Å². The van der Waals surface area contributed by atoms with Crippen molar-refractivity contribution in [2.45, 2.75) is 30.2 Å². The maximum Gasteiger partial charge on any atom is 0.255 e. The van der Waals surface area contributed by atoms with Crippen LogP contribution < -0.4 is 5.73 Å². The molecule has 3 fully saturated rings. The maximum atomic E-state index is 14.1. The lowest BCUT2D eigenvalue weighted by atomic mass is 9.53. The molecule has 41 heavy (non-hydrogen) atoms. The van der Waals surface area contributed by atoms with Gasteiger partial charge in [0.2, 0.25) is 5.78 Å². The van der Waals surface area contributed by atoms with Crippen LogP contribution in [0.2, 0.25) is 0 Å². The molecule has 7 atom stereocenters. The number of ketones is 3. The fourth-order valence-corrected chi connectivity index (χ4v) is 7.75. The molecule has 5 aliphatic rings. The number of rotatable bonds is 5. The lowest BCUT2D eigenvalue weighted by molar-refractivity contribution is -0.156. The van der Waals surface area contributed by atoms with Crippen molar-refractivity contribution in [2.75, 3.05) is 39.9 Å². The second-order valence-electron chi connectivity index (χ2n) is 11.4. The number of aliphatic hydroxyl groups excluding tert-OH is 3. The van der Waals surface area contributed by atoms with Gasteiger partial charge in [-0.1, -0.05) is 12.1 Å². The van der Waals surface area contributed by atoms with E-state index in [4.69, 9.17) is 10.5 Å². The van der Waals surface area contributed by atoms with Gasteiger partial charge in [0.1, 0.15) is 22.8 Å². The smallest absolute Gasteiger partial charge is 0.255 e. The molecule has 1 saturated carbocycles. The van der Waals surface area contributed by atoms with Gasteiger partial charge in [-0.25, -0.2) is 0 Å². The van der Waals surface area contributed by atoms with Crippen LogP contribution in [0.3, 0.4) is 0 Å². The standard InChI is InChI=1S/C28H31N3O10/c1-30-20(13(33)5-6-31-7-9-41-10-8-31)16-15-17(23(35)14-11(22(15)34)3-2-4-12(14)32)25(37)28(40)19(16)21(30)24(36)18(26(28)38)27(29)39/h2-4,15-16,19-22,32,34-35,38,40H,5-10H2,1H3,(H2,29,39). The first-order valence-corrected chi connectivity index (χ1v) is 13.5. The van der Waals surface area contributed by atoms with E-state index in [2.05, 4.69) is 0 Å². The summed E-state index contributed by atoms with van der Waals surface area (Å²) in [6.07, 6.45) is -1.50. The predicted molar refractivity (Wildman–Crippen MR) is 139 cm³/mol. The fourth-order valence-electron chi connectivity index (χ4n) is 7.75. The number of ether oxygens (including phenoxy) is 1. The predicted octanol–water partition coefficient (Wildman–Crippen LogP) is -1.28. The first-order valence-electron chi connectivity index (χ1n) is 13.5. The van der Waals surface area contributed by atoms with Crippen LogP contribution in [-0.4, -0.2) is 116 Å². The molecule has 0 bridgehead atoms. The largest absolute Gasteiger partial charge is 0.508 e. The van der Waals surface area contributed by atoms with Crippen molar-refractivity contribution in [1.82, 2.24) is 9.80 Å². The third-order valence-electron chi connectivity index (χ3n) is 9.51. The molecular weight excluding hydrogens is 538 g/mol. The zero-order chi connectivity index (χ0) is 29.5. The number of primary amides is 1. The molecule has 7 N–H and O–H groups in total. The second kappa shape index (κ2) is 9.46. The monoisotopic (exact) mass is 569 g/mol. The van der Waals surface area contributed by atoms with E-state index in [0.717, 1.165) is 0 Å². The molecule has 7 unspecified atom stereocenters. The van der Waals surface area contributed by atoms with E-state index >= 15 is 0 Å². The molecule has 2 saturated heterocycles. The number of carbonyl (C=O) groups excluding carboxylic acids is 4. The zero-order valence-electron chi connectivity index (χ0n) is 22.2. The SMILES string of the molecule is CN1C(C(=O)CCN2CCOCC2)C2C3C(=C(O)c4c(O)cccc4C3O)C(=O)C3(O)C(O)=C(C(N)=O)C(=O)C1C23. The van der Waals surface area contributed by atoms with Crippen molar-refractivity contribution in [3.05, 3.63) is 46.2 Å². The van der Waals surface area contributed by atoms with Crippen LogP contribution in [0, 0.1) is 17.8 Å². The summed E-state index contributed by atoms with van der Waals surface area (Å²) in [6, 6.07) is 1.58. The zero-order valence-corrected chi connectivity index (χ0v) is 22.2. The quantitative estimate of drug-likeness (QED) is 0.229. The first-order chi connectivity index (χ1) is 19.4. The molecule has 0 aromatic heterocycles. The number of amides is 1. The van der Waals surface area contributed by atoms with Gasteiger partial charge in [-0.05, 0) is 24.6 Å². The van der Waals surface area contributed by atoms with Gasteiger partial charge in [-0.2, -0.15) is 0 Å². The number of hydrogen-bond donors (Lipinski definition) is 6. The number of hydrogen-bond acceptors (Lipinski definition) is 12. The highest BCUT2D eigenvalue weighted by atomic mass is 16.5. The van der Waals surface area contributed by atoms with Crippen LogP contribution in [0.5, 0.6) is 5.75 Å². The number of aromatic hydroxyl groups is 1. The molecule has 2 aliphatic heterocycles. The minimum absolute atomic E-state index is 0.0266. The van der Waals surface area contributed by atoms with Crippen molar-refractivity contribution in [3.63, 3.8) is 0 Å². The summed E-state index contributed by atoms with van der Waals surface area (Å²) in [6.45, 7) is 2.65. The molecule has 218 valence electrons. The highest BCUT2D eigenvalue weighted by Gasteiger charge is 2.74. The summed E-state index contributed by atoms with van der Waals surface area (Å²) < 4.78 is 5.36. The van der Waals surface area contributed by atoms with Gasteiger partial charge in [-0.15, -0.1) is 0 Å². The summed E-state index contributed by atoms with van der Waals surface area (Å²) >= 11 is 0. The third-order valence-corrected chi connectivity index (χ3v) is 9.51. The van der Waals surface area contributed by atoms with Gasteiger partial charge >= 0.3 is 0 Å². The lowest BCUT2D eigenvalue weighted by Crippen LogP contribution is -2.65. The van der Waals surface area contributed by atoms with Gasteiger partial charge in [-0.3, -0.25) is 29.0 Å². The molecular formula is C28H31N3O10. The van der Waals surface area contributed by atoms with Gasteiger partial charge in [0, 0.05) is 43.5 Å². The lowest BCUT2D eigenvalue weighted by Gasteiger charge is -2.51. The summed E-state index contributed by atoms with van der Waals surface area (Å²) in [5.74, 6) is -10.3. The summed E-state index contributed by atoms with van der Waals surface area (Å²) in [5, 5.41) is 56.6. The van der Waals surface area contributed by atoms with Crippen LogP contribution in [-0.2, 0) is 23.9 Å². The number of likely N-dealkylation sites (tertiary alicyclic amines) is 1. The third kappa shape index (κ3) is 3.59. The molecule has 3 aliphatic carbocycles. The molecule has 1 aromatic carbocycles. The summed E-state index contributed by atoms with van der Waals surface area (Å²) in [7, 11) is 1.45. The molecule has 6 rings (SSSR count). The van der Waals surface area contributed by atoms with Crippen LogP contribution in [0.25, 0.3) is 5.76 Å². The first kappa shape index (κ1) is 27.5. The average molecular weight is 570 g/mol.